The first-order valence-corrected chi connectivity index (χ1v) is 5.88. The maximum Gasteiger partial charge on any atom is 0.420 e. The van der Waals surface area contributed by atoms with Crippen molar-refractivity contribution >= 4 is 5.91 Å². The minimum Gasteiger partial charge on any atom is -0.483 e. The van der Waals surface area contributed by atoms with Crippen molar-refractivity contribution in [1.82, 2.24) is 5.32 Å². The van der Waals surface area contributed by atoms with Crippen molar-refractivity contribution < 1.29 is 27.4 Å². The molecule has 8 heteroatoms. The molecule has 0 saturated heterocycles. The Balaban J connectivity index is 2.75. The van der Waals surface area contributed by atoms with Crippen LogP contribution in [0.5, 0.6) is 5.75 Å². The molecule has 0 spiro atoms. The van der Waals surface area contributed by atoms with Gasteiger partial charge in [-0.2, -0.15) is 18.4 Å². The van der Waals surface area contributed by atoms with Crippen molar-refractivity contribution in [3.05, 3.63) is 29.3 Å². The Labute approximate surface area is 119 Å². The van der Waals surface area contributed by atoms with Crippen LogP contribution >= 0.6 is 0 Å². The number of ether oxygens (including phenoxy) is 2. The number of hydrogen-bond donors (Lipinski definition) is 1. The quantitative estimate of drug-likeness (QED) is 0.812. The Kier molecular flexibility index (Phi) is 5.99. The largest absolute Gasteiger partial charge is 0.483 e. The van der Waals surface area contributed by atoms with Gasteiger partial charge in [-0.25, -0.2) is 0 Å². The molecule has 1 aromatic carbocycles. The highest BCUT2D eigenvalue weighted by atomic mass is 19.4. The monoisotopic (exact) mass is 302 g/mol. The number of nitrogens with zero attached hydrogens (tertiary/aromatic N) is 1. The summed E-state index contributed by atoms with van der Waals surface area (Å²) in [7, 11) is 1.45. The zero-order valence-electron chi connectivity index (χ0n) is 11.2. The number of benzene rings is 1. The van der Waals surface area contributed by atoms with Crippen LogP contribution < -0.4 is 10.1 Å². The molecule has 0 radical (unpaired) electrons. The second-order valence-electron chi connectivity index (χ2n) is 3.95. The van der Waals surface area contributed by atoms with E-state index in [1.54, 1.807) is 6.07 Å². The predicted octanol–water partition coefficient (Wildman–Crippen LogP) is 1.72. The van der Waals surface area contributed by atoms with Crippen molar-refractivity contribution in [2.45, 2.75) is 6.18 Å². The second kappa shape index (κ2) is 7.50. The summed E-state index contributed by atoms with van der Waals surface area (Å²) in [5, 5.41) is 11.0. The number of methoxy groups -OCH3 is 1. The predicted molar refractivity (Wildman–Crippen MR) is 66.5 cm³/mol. The van der Waals surface area contributed by atoms with Crippen LogP contribution in [0.15, 0.2) is 18.2 Å². The normalized spacial score (nSPS) is 10.8. The summed E-state index contributed by atoms with van der Waals surface area (Å²) < 4.78 is 48.1. The Morgan fingerprint density at radius 3 is 2.71 bits per heavy atom. The minimum absolute atomic E-state index is 0.140. The van der Waals surface area contributed by atoms with E-state index in [2.05, 4.69) is 5.32 Å². The van der Waals surface area contributed by atoms with Gasteiger partial charge in [-0.3, -0.25) is 4.79 Å². The minimum atomic E-state index is -4.67. The maximum atomic E-state index is 12.8. The van der Waals surface area contributed by atoms with E-state index in [0.717, 1.165) is 6.07 Å². The van der Waals surface area contributed by atoms with E-state index >= 15 is 0 Å². The number of nitrogens with one attached hydrogen (secondary N) is 1. The third-order valence-electron chi connectivity index (χ3n) is 2.40. The number of alkyl halides is 3. The molecular weight excluding hydrogens is 289 g/mol. The molecule has 0 saturated carbocycles. The van der Waals surface area contributed by atoms with E-state index in [4.69, 9.17) is 14.7 Å². The van der Waals surface area contributed by atoms with Crippen molar-refractivity contribution in [2.75, 3.05) is 26.9 Å². The highest BCUT2D eigenvalue weighted by Gasteiger charge is 2.34. The van der Waals surface area contributed by atoms with Crippen molar-refractivity contribution in [2.24, 2.45) is 0 Å². The van der Waals surface area contributed by atoms with Gasteiger partial charge in [0.2, 0.25) is 0 Å². The number of amides is 1. The van der Waals surface area contributed by atoms with E-state index in [9.17, 15) is 18.0 Å². The summed E-state index contributed by atoms with van der Waals surface area (Å²) in [6, 6.07) is 4.50. The van der Waals surface area contributed by atoms with Crippen LogP contribution in [0.3, 0.4) is 0 Å². The summed E-state index contributed by atoms with van der Waals surface area (Å²) >= 11 is 0. The van der Waals surface area contributed by atoms with Crippen LogP contribution in [0.4, 0.5) is 13.2 Å². The Morgan fingerprint density at radius 1 is 1.43 bits per heavy atom. The Morgan fingerprint density at radius 2 is 2.14 bits per heavy atom. The molecule has 1 amide bonds. The smallest absolute Gasteiger partial charge is 0.420 e. The van der Waals surface area contributed by atoms with Crippen LogP contribution in [-0.4, -0.2) is 32.8 Å². The van der Waals surface area contributed by atoms with Gasteiger partial charge in [0.05, 0.1) is 23.8 Å². The van der Waals surface area contributed by atoms with Crippen LogP contribution in [0.2, 0.25) is 0 Å². The van der Waals surface area contributed by atoms with Gasteiger partial charge in [-0.15, -0.1) is 0 Å². The van der Waals surface area contributed by atoms with Crippen molar-refractivity contribution in [1.29, 1.82) is 5.26 Å². The molecule has 0 aliphatic carbocycles. The van der Waals surface area contributed by atoms with Gasteiger partial charge in [-0.05, 0) is 18.2 Å². The average Bonchev–Trinajstić information content (AvgIpc) is 2.44. The number of carbonyl (C=O) groups excluding carboxylic acids is 1. The molecule has 1 N–H and O–H groups in total. The van der Waals surface area contributed by atoms with Gasteiger partial charge < -0.3 is 14.8 Å². The third kappa shape index (κ3) is 5.31. The molecule has 0 heterocycles. The summed E-state index contributed by atoms with van der Waals surface area (Å²) in [5.41, 5.74) is -1.23. The first-order chi connectivity index (χ1) is 9.88. The van der Waals surface area contributed by atoms with Gasteiger partial charge >= 0.3 is 6.18 Å². The standard InChI is InChI=1S/C13H13F3N2O3/c1-20-5-4-18-12(19)8-21-11-3-2-9(7-17)6-10(11)13(14,15)16/h2-3,6H,4-5,8H2,1H3,(H,18,19). The maximum absolute atomic E-state index is 12.8. The molecule has 1 rings (SSSR count). The second-order valence-corrected chi connectivity index (χ2v) is 3.95. The number of nitriles is 1. The molecule has 1 aromatic rings. The molecule has 0 aliphatic rings. The van der Waals surface area contributed by atoms with Gasteiger partial charge in [0.1, 0.15) is 5.75 Å². The van der Waals surface area contributed by atoms with Gasteiger partial charge in [0, 0.05) is 13.7 Å². The SMILES string of the molecule is COCCNC(=O)COc1ccc(C#N)cc1C(F)(F)F. The number of carbonyl (C=O) groups is 1. The molecule has 21 heavy (non-hydrogen) atoms. The first-order valence-electron chi connectivity index (χ1n) is 5.88. The fourth-order valence-electron chi connectivity index (χ4n) is 1.43. The molecule has 0 unspecified atom stereocenters. The van der Waals surface area contributed by atoms with Crippen LogP contribution in [0, 0.1) is 11.3 Å². The van der Waals surface area contributed by atoms with Gasteiger partial charge in [-0.1, -0.05) is 0 Å². The number of halogens is 3. The third-order valence-corrected chi connectivity index (χ3v) is 2.40. The number of hydrogen-bond acceptors (Lipinski definition) is 4. The zero-order chi connectivity index (χ0) is 15.9. The molecule has 0 bridgehead atoms. The average molecular weight is 302 g/mol. The first kappa shape index (κ1) is 16.8. The molecule has 5 nitrogen and oxygen atoms in total. The molecule has 0 fully saturated rings. The fraction of sp³-hybridized carbons (Fsp3) is 0.385. The zero-order valence-corrected chi connectivity index (χ0v) is 11.2. The van der Waals surface area contributed by atoms with E-state index in [0.29, 0.717) is 6.07 Å². The molecule has 0 atom stereocenters. The lowest BCUT2D eigenvalue weighted by Gasteiger charge is -2.14. The van der Waals surface area contributed by atoms with Gasteiger partial charge in [0.25, 0.3) is 5.91 Å². The summed E-state index contributed by atoms with van der Waals surface area (Å²) in [6.07, 6.45) is -4.67. The van der Waals surface area contributed by atoms with Crippen molar-refractivity contribution in [3.63, 3.8) is 0 Å². The van der Waals surface area contributed by atoms with Crippen LogP contribution in [-0.2, 0) is 15.7 Å². The van der Waals surface area contributed by atoms with Crippen LogP contribution in [0.1, 0.15) is 11.1 Å². The lowest BCUT2D eigenvalue weighted by molar-refractivity contribution is -0.139. The Hall–Kier alpha value is -2.27. The topological polar surface area (TPSA) is 71.3 Å². The Bertz CT molecular complexity index is 538. The van der Waals surface area contributed by atoms with E-state index < -0.39 is 30.0 Å². The molecular formula is C13H13F3N2O3. The van der Waals surface area contributed by atoms with E-state index in [1.807, 2.05) is 0 Å². The fourth-order valence-corrected chi connectivity index (χ4v) is 1.43. The van der Waals surface area contributed by atoms with Gasteiger partial charge in [0.15, 0.2) is 6.61 Å². The summed E-state index contributed by atoms with van der Waals surface area (Å²) in [4.78, 5) is 11.4. The van der Waals surface area contributed by atoms with E-state index in [-0.39, 0.29) is 18.7 Å². The highest BCUT2D eigenvalue weighted by Crippen LogP contribution is 2.36. The van der Waals surface area contributed by atoms with Crippen molar-refractivity contribution in [3.8, 4) is 11.8 Å². The lowest BCUT2D eigenvalue weighted by Crippen LogP contribution is -2.31. The lowest BCUT2D eigenvalue weighted by atomic mass is 10.1. The number of rotatable bonds is 6. The molecule has 0 aromatic heterocycles. The summed E-state index contributed by atoms with van der Waals surface area (Å²) in [5.74, 6) is -1.06. The molecule has 114 valence electrons. The summed E-state index contributed by atoms with van der Waals surface area (Å²) in [6.45, 7) is -0.0344. The van der Waals surface area contributed by atoms with E-state index in [1.165, 1.54) is 13.2 Å². The molecule has 0 aliphatic heterocycles. The highest BCUT2D eigenvalue weighted by molar-refractivity contribution is 5.77. The van der Waals surface area contributed by atoms with Crippen LogP contribution in [0.25, 0.3) is 0 Å².